The highest BCUT2D eigenvalue weighted by atomic mass is 16.2. The van der Waals surface area contributed by atoms with Gasteiger partial charge in [-0.1, -0.05) is 0 Å². The van der Waals surface area contributed by atoms with Gasteiger partial charge < -0.3 is 9.80 Å². The number of piperidine rings is 2. The summed E-state index contributed by atoms with van der Waals surface area (Å²) in [6.45, 7) is 4.02. The minimum atomic E-state index is 0.118. The molecule has 5 nitrogen and oxygen atoms in total. The van der Waals surface area contributed by atoms with E-state index in [0.29, 0.717) is 17.5 Å². The van der Waals surface area contributed by atoms with Crippen molar-refractivity contribution in [1.29, 1.82) is 0 Å². The molecular formula is C21H26N4O. The molecule has 26 heavy (non-hydrogen) atoms. The quantitative estimate of drug-likeness (QED) is 0.854. The highest BCUT2D eigenvalue weighted by molar-refractivity contribution is 5.93. The van der Waals surface area contributed by atoms with Gasteiger partial charge in [0, 0.05) is 43.9 Å². The van der Waals surface area contributed by atoms with Gasteiger partial charge in [0.1, 0.15) is 0 Å². The molecule has 0 N–H and O–H groups in total. The molecule has 0 bridgehead atoms. The Labute approximate surface area is 155 Å². The van der Waals surface area contributed by atoms with E-state index in [1.165, 1.54) is 18.4 Å². The zero-order valence-corrected chi connectivity index (χ0v) is 15.1. The number of nitrogens with zero attached hydrogens (tertiary/aromatic N) is 4. The van der Waals surface area contributed by atoms with E-state index in [2.05, 4.69) is 27.0 Å². The summed E-state index contributed by atoms with van der Waals surface area (Å²) >= 11 is 0. The molecule has 0 unspecified atom stereocenters. The fraction of sp³-hybridized carbons (Fsp3) is 0.476. The summed E-state index contributed by atoms with van der Waals surface area (Å²) in [5.41, 5.74) is 2.13. The van der Waals surface area contributed by atoms with Gasteiger partial charge in [-0.3, -0.25) is 14.8 Å². The van der Waals surface area contributed by atoms with Crippen LogP contribution in [-0.4, -0.2) is 57.9 Å². The molecule has 2 aliphatic rings. The van der Waals surface area contributed by atoms with Crippen LogP contribution in [0.4, 0.5) is 0 Å². The fourth-order valence-corrected chi connectivity index (χ4v) is 4.34. The molecule has 5 heteroatoms. The molecular weight excluding hydrogens is 324 g/mol. The Bertz CT molecular complexity index is 705. The third kappa shape index (κ3) is 3.78. The number of hydrogen-bond acceptors (Lipinski definition) is 4. The zero-order chi connectivity index (χ0) is 17.8. The van der Waals surface area contributed by atoms with Gasteiger partial charge in [0.05, 0.1) is 5.56 Å². The standard InChI is InChI=1S/C21H26N4O/c26-21(19-2-1-9-23-16-19)25-14-7-20(8-15-25)24-12-5-18(6-13-24)17-3-10-22-11-4-17/h1-4,9-11,16,18,20H,5-8,12-15H2. The number of carbonyl (C=O) groups excluding carboxylic acids is 1. The SMILES string of the molecule is O=C(c1cccnc1)N1CCC(N2CCC(c3ccncc3)CC2)CC1. The topological polar surface area (TPSA) is 49.3 Å². The molecule has 2 aromatic heterocycles. The molecule has 1 amide bonds. The van der Waals surface area contributed by atoms with Crippen LogP contribution in [0.3, 0.4) is 0 Å². The first-order valence-electron chi connectivity index (χ1n) is 9.64. The molecule has 0 radical (unpaired) electrons. The first kappa shape index (κ1) is 17.2. The summed E-state index contributed by atoms with van der Waals surface area (Å²) in [6, 6.07) is 8.61. The normalized spacial score (nSPS) is 20.2. The number of aromatic nitrogens is 2. The lowest BCUT2D eigenvalue weighted by Gasteiger charge is -2.42. The van der Waals surface area contributed by atoms with Crippen LogP contribution >= 0.6 is 0 Å². The second kappa shape index (κ2) is 7.96. The summed E-state index contributed by atoms with van der Waals surface area (Å²) in [6.07, 6.45) is 11.8. The van der Waals surface area contributed by atoms with Gasteiger partial charge in [-0.2, -0.15) is 0 Å². The Morgan fingerprint density at radius 3 is 2.27 bits per heavy atom. The van der Waals surface area contributed by atoms with Gasteiger partial charge in [-0.25, -0.2) is 0 Å². The Morgan fingerprint density at radius 2 is 1.62 bits per heavy atom. The average Bonchev–Trinajstić information content (AvgIpc) is 2.75. The highest BCUT2D eigenvalue weighted by Crippen LogP contribution is 2.30. The Balaban J connectivity index is 1.27. The fourth-order valence-electron chi connectivity index (χ4n) is 4.34. The molecule has 0 aliphatic carbocycles. The lowest BCUT2D eigenvalue weighted by atomic mass is 9.88. The molecule has 0 spiro atoms. The van der Waals surface area contributed by atoms with E-state index in [0.717, 1.165) is 39.0 Å². The monoisotopic (exact) mass is 350 g/mol. The van der Waals surface area contributed by atoms with Crippen LogP contribution in [0.15, 0.2) is 49.1 Å². The van der Waals surface area contributed by atoms with Crippen LogP contribution in [0.5, 0.6) is 0 Å². The van der Waals surface area contributed by atoms with Gasteiger partial charge in [0.25, 0.3) is 5.91 Å². The van der Waals surface area contributed by atoms with E-state index in [9.17, 15) is 4.79 Å². The minimum Gasteiger partial charge on any atom is -0.338 e. The summed E-state index contributed by atoms with van der Waals surface area (Å²) in [4.78, 5) is 25.4. The molecule has 2 aromatic rings. The molecule has 2 saturated heterocycles. The van der Waals surface area contributed by atoms with E-state index in [1.54, 1.807) is 12.4 Å². The summed E-state index contributed by atoms with van der Waals surface area (Å²) < 4.78 is 0. The van der Waals surface area contributed by atoms with E-state index >= 15 is 0 Å². The second-order valence-electron chi connectivity index (χ2n) is 7.36. The van der Waals surface area contributed by atoms with Gasteiger partial charge in [0.2, 0.25) is 0 Å². The van der Waals surface area contributed by atoms with Crippen molar-refractivity contribution in [3.63, 3.8) is 0 Å². The predicted molar refractivity (Wildman–Crippen MR) is 101 cm³/mol. The molecule has 136 valence electrons. The van der Waals surface area contributed by atoms with Crippen molar-refractivity contribution in [3.8, 4) is 0 Å². The highest BCUT2D eigenvalue weighted by Gasteiger charge is 2.30. The van der Waals surface area contributed by atoms with Crippen molar-refractivity contribution in [2.75, 3.05) is 26.2 Å². The molecule has 0 aromatic carbocycles. The number of hydrogen-bond donors (Lipinski definition) is 0. The molecule has 0 saturated carbocycles. The Morgan fingerprint density at radius 1 is 0.885 bits per heavy atom. The number of pyridine rings is 2. The molecule has 4 heterocycles. The molecule has 4 rings (SSSR count). The second-order valence-corrected chi connectivity index (χ2v) is 7.36. The summed E-state index contributed by atoms with van der Waals surface area (Å²) in [5, 5.41) is 0. The maximum absolute atomic E-state index is 12.5. The lowest BCUT2D eigenvalue weighted by Crippen LogP contribution is -2.48. The minimum absolute atomic E-state index is 0.118. The van der Waals surface area contributed by atoms with Crippen LogP contribution in [0, 0.1) is 0 Å². The molecule has 0 atom stereocenters. The summed E-state index contributed by atoms with van der Waals surface area (Å²) in [7, 11) is 0. The van der Waals surface area contributed by atoms with Crippen LogP contribution in [0.25, 0.3) is 0 Å². The van der Waals surface area contributed by atoms with Gasteiger partial charge >= 0.3 is 0 Å². The number of rotatable bonds is 3. The third-order valence-electron chi connectivity index (χ3n) is 5.88. The first-order chi connectivity index (χ1) is 12.8. The Hall–Kier alpha value is -2.27. The van der Waals surface area contributed by atoms with Crippen LogP contribution in [0.1, 0.15) is 47.5 Å². The number of likely N-dealkylation sites (tertiary alicyclic amines) is 2. The zero-order valence-electron chi connectivity index (χ0n) is 15.1. The predicted octanol–water partition coefficient (Wildman–Crippen LogP) is 2.96. The number of amides is 1. The van der Waals surface area contributed by atoms with Crippen molar-refractivity contribution >= 4 is 5.91 Å². The van der Waals surface area contributed by atoms with E-state index in [-0.39, 0.29) is 5.91 Å². The Kier molecular flexibility index (Phi) is 5.25. The maximum atomic E-state index is 12.5. The maximum Gasteiger partial charge on any atom is 0.255 e. The summed E-state index contributed by atoms with van der Waals surface area (Å²) in [5.74, 6) is 0.787. The van der Waals surface area contributed by atoms with Crippen molar-refractivity contribution in [3.05, 3.63) is 60.2 Å². The van der Waals surface area contributed by atoms with Gasteiger partial charge in [0.15, 0.2) is 0 Å². The average molecular weight is 350 g/mol. The van der Waals surface area contributed by atoms with E-state index < -0.39 is 0 Å². The first-order valence-corrected chi connectivity index (χ1v) is 9.64. The van der Waals surface area contributed by atoms with Crippen LogP contribution in [0.2, 0.25) is 0 Å². The van der Waals surface area contributed by atoms with Gasteiger partial charge in [-0.15, -0.1) is 0 Å². The van der Waals surface area contributed by atoms with Crippen molar-refractivity contribution in [2.24, 2.45) is 0 Å². The third-order valence-corrected chi connectivity index (χ3v) is 5.88. The van der Waals surface area contributed by atoms with Crippen molar-refractivity contribution in [1.82, 2.24) is 19.8 Å². The van der Waals surface area contributed by atoms with Crippen LogP contribution < -0.4 is 0 Å². The van der Waals surface area contributed by atoms with E-state index in [4.69, 9.17) is 0 Å². The lowest BCUT2D eigenvalue weighted by molar-refractivity contribution is 0.0578. The molecule has 2 aliphatic heterocycles. The number of carbonyl (C=O) groups is 1. The van der Waals surface area contributed by atoms with E-state index in [1.807, 2.05) is 29.4 Å². The van der Waals surface area contributed by atoms with Gasteiger partial charge in [-0.05, 0) is 74.5 Å². The van der Waals surface area contributed by atoms with Crippen LogP contribution in [-0.2, 0) is 0 Å². The van der Waals surface area contributed by atoms with Crippen molar-refractivity contribution < 1.29 is 4.79 Å². The molecule has 2 fully saturated rings. The largest absolute Gasteiger partial charge is 0.338 e. The smallest absolute Gasteiger partial charge is 0.255 e. The van der Waals surface area contributed by atoms with Crippen molar-refractivity contribution in [2.45, 2.75) is 37.6 Å².